The smallest absolute Gasteiger partial charge is 0.258 e. The molecule has 23 heavy (non-hydrogen) atoms. The highest BCUT2D eigenvalue weighted by molar-refractivity contribution is 5.83. The van der Waals surface area contributed by atoms with Crippen molar-refractivity contribution in [3.63, 3.8) is 0 Å². The Morgan fingerprint density at radius 3 is 3.04 bits per heavy atom. The van der Waals surface area contributed by atoms with Gasteiger partial charge in [0.05, 0.1) is 13.2 Å². The zero-order chi connectivity index (χ0) is 16.2. The van der Waals surface area contributed by atoms with Gasteiger partial charge in [0, 0.05) is 24.7 Å². The Kier molecular flexibility index (Phi) is 4.62. The summed E-state index contributed by atoms with van der Waals surface area (Å²) >= 11 is 0. The molecule has 1 aromatic heterocycles. The van der Waals surface area contributed by atoms with Crippen LogP contribution < -0.4 is 15.6 Å². The van der Waals surface area contributed by atoms with Crippen molar-refractivity contribution < 1.29 is 14.3 Å². The number of ether oxygens (including phenoxy) is 2. The molecule has 122 valence electrons. The number of methoxy groups -OCH3 is 1. The molecule has 6 heteroatoms. The van der Waals surface area contributed by atoms with Gasteiger partial charge in [-0.3, -0.25) is 9.59 Å². The highest BCUT2D eigenvalue weighted by Gasteiger charge is 2.16. The molecule has 1 unspecified atom stereocenters. The third-order valence-electron chi connectivity index (χ3n) is 4.05. The Balaban J connectivity index is 1.71. The van der Waals surface area contributed by atoms with E-state index in [0.717, 1.165) is 24.8 Å². The third-order valence-corrected chi connectivity index (χ3v) is 4.05. The van der Waals surface area contributed by atoms with Crippen LogP contribution in [0.25, 0.3) is 10.8 Å². The standard InChI is InChI=1S/C17H20N2O4/c1-22-13-4-5-15-12(9-13)6-7-19(17(15)21)11-16(20)18-10-14-3-2-8-23-14/h4-7,9,14H,2-3,8,10-11H2,1H3,(H,18,20). The zero-order valence-electron chi connectivity index (χ0n) is 13.1. The molecule has 1 aromatic carbocycles. The number of carbonyl (C=O) groups is 1. The number of amides is 1. The molecule has 0 aliphatic carbocycles. The van der Waals surface area contributed by atoms with Crippen LogP contribution in [-0.4, -0.2) is 36.8 Å². The predicted molar refractivity (Wildman–Crippen MR) is 86.7 cm³/mol. The Morgan fingerprint density at radius 2 is 2.30 bits per heavy atom. The van der Waals surface area contributed by atoms with Crippen molar-refractivity contribution in [1.82, 2.24) is 9.88 Å². The maximum atomic E-state index is 12.4. The van der Waals surface area contributed by atoms with E-state index in [1.165, 1.54) is 4.57 Å². The summed E-state index contributed by atoms with van der Waals surface area (Å²) in [5.41, 5.74) is -0.183. The molecule has 2 aromatic rings. The van der Waals surface area contributed by atoms with Gasteiger partial charge in [-0.1, -0.05) is 0 Å². The molecule has 0 radical (unpaired) electrons. The summed E-state index contributed by atoms with van der Waals surface area (Å²) in [7, 11) is 1.58. The van der Waals surface area contributed by atoms with Crippen molar-refractivity contribution in [3.05, 3.63) is 40.8 Å². The van der Waals surface area contributed by atoms with Crippen LogP contribution in [0.4, 0.5) is 0 Å². The van der Waals surface area contributed by atoms with Crippen LogP contribution >= 0.6 is 0 Å². The van der Waals surface area contributed by atoms with Gasteiger partial charge in [-0.2, -0.15) is 0 Å². The van der Waals surface area contributed by atoms with Crippen molar-refractivity contribution in [3.8, 4) is 5.75 Å². The summed E-state index contributed by atoms with van der Waals surface area (Å²) in [6.45, 7) is 1.26. The molecule has 0 bridgehead atoms. The molecule has 1 aliphatic rings. The van der Waals surface area contributed by atoms with Crippen LogP contribution in [-0.2, 0) is 16.1 Å². The molecule has 1 fully saturated rings. The first kappa shape index (κ1) is 15.6. The first-order valence-corrected chi connectivity index (χ1v) is 7.73. The number of benzene rings is 1. The molecule has 1 saturated heterocycles. The molecule has 0 spiro atoms. The van der Waals surface area contributed by atoms with Gasteiger partial charge >= 0.3 is 0 Å². The van der Waals surface area contributed by atoms with E-state index >= 15 is 0 Å². The number of nitrogens with zero attached hydrogens (tertiary/aromatic N) is 1. The Morgan fingerprint density at radius 1 is 1.43 bits per heavy atom. The molecule has 1 amide bonds. The summed E-state index contributed by atoms with van der Waals surface area (Å²) in [6, 6.07) is 7.08. The second kappa shape index (κ2) is 6.83. The number of aromatic nitrogens is 1. The minimum atomic E-state index is -0.185. The van der Waals surface area contributed by atoms with E-state index in [-0.39, 0.29) is 24.1 Å². The van der Waals surface area contributed by atoms with E-state index in [1.54, 1.807) is 31.5 Å². The minimum Gasteiger partial charge on any atom is -0.497 e. The molecular weight excluding hydrogens is 296 g/mol. The van der Waals surface area contributed by atoms with Gasteiger partial charge in [-0.05, 0) is 42.5 Å². The molecule has 1 atom stereocenters. The van der Waals surface area contributed by atoms with Crippen LogP contribution in [0.1, 0.15) is 12.8 Å². The highest BCUT2D eigenvalue weighted by atomic mass is 16.5. The van der Waals surface area contributed by atoms with E-state index in [2.05, 4.69) is 5.32 Å². The topological polar surface area (TPSA) is 69.6 Å². The quantitative estimate of drug-likeness (QED) is 0.903. The van der Waals surface area contributed by atoms with E-state index in [9.17, 15) is 9.59 Å². The summed E-state index contributed by atoms with van der Waals surface area (Å²) < 4.78 is 12.0. The van der Waals surface area contributed by atoms with Crippen LogP contribution in [0.5, 0.6) is 5.75 Å². The van der Waals surface area contributed by atoms with Crippen LogP contribution in [0.3, 0.4) is 0 Å². The maximum Gasteiger partial charge on any atom is 0.258 e. The van der Waals surface area contributed by atoms with E-state index < -0.39 is 0 Å². The van der Waals surface area contributed by atoms with Gasteiger partial charge in [0.2, 0.25) is 5.91 Å². The van der Waals surface area contributed by atoms with Crippen molar-refractivity contribution in [2.45, 2.75) is 25.5 Å². The first-order valence-electron chi connectivity index (χ1n) is 7.73. The number of carbonyl (C=O) groups excluding carboxylic acids is 1. The third kappa shape index (κ3) is 3.53. The minimum absolute atomic E-state index is 0.00746. The monoisotopic (exact) mass is 316 g/mol. The van der Waals surface area contributed by atoms with Gasteiger partial charge in [-0.25, -0.2) is 0 Å². The lowest BCUT2D eigenvalue weighted by Gasteiger charge is -2.12. The van der Waals surface area contributed by atoms with E-state index in [4.69, 9.17) is 9.47 Å². The van der Waals surface area contributed by atoms with Gasteiger partial charge in [0.1, 0.15) is 12.3 Å². The molecular formula is C17H20N2O4. The fraction of sp³-hybridized carbons (Fsp3) is 0.412. The first-order chi connectivity index (χ1) is 11.2. The lowest BCUT2D eigenvalue weighted by molar-refractivity contribution is -0.122. The Hall–Kier alpha value is -2.34. The number of fused-ring (bicyclic) bond motifs is 1. The summed E-state index contributed by atoms with van der Waals surface area (Å²) in [6.07, 6.45) is 3.74. The molecule has 3 rings (SSSR count). The molecule has 2 heterocycles. The fourth-order valence-corrected chi connectivity index (χ4v) is 2.76. The average molecular weight is 316 g/mol. The van der Waals surface area contributed by atoms with Gasteiger partial charge in [0.15, 0.2) is 0 Å². The SMILES string of the molecule is COc1ccc2c(=O)n(CC(=O)NCC3CCCO3)ccc2c1. The summed E-state index contributed by atoms with van der Waals surface area (Å²) in [4.78, 5) is 24.5. The van der Waals surface area contributed by atoms with Gasteiger partial charge in [0.25, 0.3) is 5.56 Å². The van der Waals surface area contributed by atoms with Crippen LogP contribution in [0.2, 0.25) is 0 Å². The molecule has 1 aliphatic heterocycles. The number of hydrogen-bond donors (Lipinski definition) is 1. The lowest BCUT2D eigenvalue weighted by Crippen LogP contribution is -2.36. The number of nitrogens with one attached hydrogen (secondary N) is 1. The van der Waals surface area contributed by atoms with Gasteiger partial charge < -0.3 is 19.4 Å². The van der Waals surface area contributed by atoms with Crippen molar-refractivity contribution >= 4 is 16.7 Å². The summed E-state index contributed by atoms with van der Waals surface area (Å²) in [5.74, 6) is 0.513. The van der Waals surface area contributed by atoms with Crippen LogP contribution in [0, 0.1) is 0 Å². The van der Waals surface area contributed by atoms with E-state index in [0.29, 0.717) is 17.7 Å². The lowest BCUT2D eigenvalue weighted by atomic mass is 10.1. The van der Waals surface area contributed by atoms with Gasteiger partial charge in [-0.15, -0.1) is 0 Å². The Bertz CT molecular complexity index is 763. The molecule has 1 N–H and O–H groups in total. The predicted octanol–water partition coefficient (Wildman–Crippen LogP) is 1.31. The Labute approximate surface area is 134 Å². The van der Waals surface area contributed by atoms with Crippen molar-refractivity contribution in [1.29, 1.82) is 0 Å². The van der Waals surface area contributed by atoms with Crippen molar-refractivity contribution in [2.75, 3.05) is 20.3 Å². The zero-order valence-corrected chi connectivity index (χ0v) is 13.1. The number of rotatable bonds is 5. The molecule has 0 saturated carbocycles. The second-order valence-corrected chi connectivity index (χ2v) is 5.64. The summed E-state index contributed by atoms with van der Waals surface area (Å²) in [5, 5.41) is 4.19. The number of hydrogen-bond acceptors (Lipinski definition) is 4. The molecule has 6 nitrogen and oxygen atoms in total. The number of pyridine rings is 1. The largest absolute Gasteiger partial charge is 0.497 e. The second-order valence-electron chi connectivity index (χ2n) is 5.64. The van der Waals surface area contributed by atoms with Crippen molar-refractivity contribution in [2.24, 2.45) is 0 Å². The average Bonchev–Trinajstić information content (AvgIpc) is 3.09. The fourth-order valence-electron chi connectivity index (χ4n) is 2.76. The highest BCUT2D eigenvalue weighted by Crippen LogP contribution is 2.17. The van der Waals surface area contributed by atoms with E-state index in [1.807, 2.05) is 6.07 Å². The normalized spacial score (nSPS) is 17.3. The van der Waals surface area contributed by atoms with Crippen LogP contribution in [0.15, 0.2) is 35.3 Å². The maximum absolute atomic E-state index is 12.4.